The number of nitrogens with two attached hydrogens (primary N) is 1. The van der Waals surface area contributed by atoms with Gasteiger partial charge in [-0.05, 0) is 42.9 Å². The van der Waals surface area contributed by atoms with E-state index < -0.39 is 10.0 Å². The number of nitrogen functional groups attached to an aromatic ring is 1. The van der Waals surface area contributed by atoms with Crippen molar-refractivity contribution in [2.75, 3.05) is 12.3 Å². The molecule has 1 aliphatic carbocycles. The van der Waals surface area contributed by atoms with E-state index in [0.29, 0.717) is 17.1 Å². The van der Waals surface area contributed by atoms with Gasteiger partial charge in [-0.25, -0.2) is 13.1 Å². The molecule has 0 unspecified atom stereocenters. The first-order valence-corrected chi connectivity index (χ1v) is 8.15. The number of benzene rings is 1. The highest BCUT2D eigenvalue weighted by molar-refractivity contribution is 7.89. The predicted molar refractivity (Wildman–Crippen MR) is 77.7 cm³/mol. The molecule has 0 amide bonds. The minimum atomic E-state index is -3.52. The number of halogens is 1. The monoisotopic (exact) mass is 302 g/mol. The number of hydrogen-bond donors (Lipinski definition) is 2. The van der Waals surface area contributed by atoms with Gasteiger partial charge in [0.1, 0.15) is 0 Å². The SMILES string of the molecule is Cc1cc(S(=O)(=O)NCC2(C)CCC2)cc(N)c1Cl. The first-order valence-electron chi connectivity index (χ1n) is 6.29. The fraction of sp³-hybridized carbons (Fsp3) is 0.538. The predicted octanol–water partition coefficient (Wildman–Crippen LogP) is 2.70. The Kier molecular flexibility index (Phi) is 3.82. The fourth-order valence-electron chi connectivity index (χ4n) is 2.23. The van der Waals surface area contributed by atoms with Gasteiger partial charge in [0.25, 0.3) is 0 Å². The lowest BCUT2D eigenvalue weighted by Crippen LogP contribution is -2.39. The molecule has 1 aromatic carbocycles. The molecular formula is C13H19ClN2O2S. The second kappa shape index (κ2) is 4.96. The summed E-state index contributed by atoms with van der Waals surface area (Å²) in [5.41, 5.74) is 6.76. The number of nitrogens with one attached hydrogen (secondary N) is 1. The number of anilines is 1. The summed E-state index contributed by atoms with van der Waals surface area (Å²) in [5.74, 6) is 0. The normalized spacial score (nSPS) is 18.1. The van der Waals surface area contributed by atoms with Crippen molar-refractivity contribution in [3.8, 4) is 0 Å². The van der Waals surface area contributed by atoms with Gasteiger partial charge in [0, 0.05) is 6.54 Å². The highest BCUT2D eigenvalue weighted by Crippen LogP contribution is 2.39. The summed E-state index contributed by atoms with van der Waals surface area (Å²) in [5, 5.41) is 0.407. The molecule has 2 rings (SSSR count). The molecule has 0 atom stereocenters. The van der Waals surface area contributed by atoms with Crippen molar-refractivity contribution in [1.82, 2.24) is 4.72 Å². The van der Waals surface area contributed by atoms with Crippen LogP contribution in [0.4, 0.5) is 5.69 Å². The van der Waals surface area contributed by atoms with Gasteiger partial charge >= 0.3 is 0 Å². The van der Waals surface area contributed by atoms with Crippen LogP contribution in [0.25, 0.3) is 0 Å². The quantitative estimate of drug-likeness (QED) is 0.840. The summed E-state index contributed by atoms with van der Waals surface area (Å²) in [7, 11) is -3.52. The van der Waals surface area contributed by atoms with Gasteiger partial charge in [0.15, 0.2) is 0 Å². The second-order valence-corrected chi connectivity index (χ2v) is 7.78. The summed E-state index contributed by atoms with van der Waals surface area (Å²) in [4.78, 5) is 0.176. The molecule has 1 saturated carbocycles. The van der Waals surface area contributed by atoms with E-state index in [1.165, 1.54) is 12.5 Å². The first-order chi connectivity index (χ1) is 8.73. The van der Waals surface area contributed by atoms with E-state index in [1.54, 1.807) is 13.0 Å². The average Bonchev–Trinajstić information content (AvgIpc) is 2.30. The van der Waals surface area contributed by atoms with Gasteiger partial charge in [-0.1, -0.05) is 24.9 Å². The van der Waals surface area contributed by atoms with Crippen molar-refractivity contribution < 1.29 is 8.42 Å². The Bertz CT molecular complexity index is 572. The highest BCUT2D eigenvalue weighted by Gasteiger charge is 2.33. The van der Waals surface area contributed by atoms with E-state index in [0.717, 1.165) is 12.8 Å². The van der Waals surface area contributed by atoms with Crippen LogP contribution in [0.5, 0.6) is 0 Å². The topological polar surface area (TPSA) is 72.2 Å². The molecule has 1 aliphatic rings. The van der Waals surface area contributed by atoms with Gasteiger partial charge in [0.05, 0.1) is 15.6 Å². The van der Waals surface area contributed by atoms with Crippen molar-refractivity contribution in [3.63, 3.8) is 0 Å². The average molecular weight is 303 g/mol. The summed E-state index contributed by atoms with van der Waals surface area (Å²) in [6.07, 6.45) is 3.31. The molecule has 106 valence electrons. The van der Waals surface area contributed by atoms with Crippen LogP contribution < -0.4 is 10.5 Å². The lowest BCUT2D eigenvalue weighted by atomic mass is 9.71. The Balaban J connectivity index is 2.19. The maximum Gasteiger partial charge on any atom is 0.240 e. The lowest BCUT2D eigenvalue weighted by Gasteiger charge is -2.38. The first kappa shape index (κ1) is 14.6. The van der Waals surface area contributed by atoms with Gasteiger partial charge < -0.3 is 5.73 Å². The van der Waals surface area contributed by atoms with E-state index in [9.17, 15) is 8.42 Å². The molecule has 0 radical (unpaired) electrons. The van der Waals surface area contributed by atoms with Crippen LogP contribution in [0.1, 0.15) is 31.7 Å². The second-order valence-electron chi connectivity index (χ2n) is 5.63. The van der Waals surface area contributed by atoms with Crippen molar-refractivity contribution in [2.45, 2.75) is 38.0 Å². The third-order valence-electron chi connectivity index (χ3n) is 3.82. The van der Waals surface area contributed by atoms with E-state index in [4.69, 9.17) is 17.3 Å². The van der Waals surface area contributed by atoms with Crippen LogP contribution >= 0.6 is 11.6 Å². The Labute approximate surface area is 119 Å². The van der Waals surface area contributed by atoms with E-state index in [-0.39, 0.29) is 16.0 Å². The zero-order valence-electron chi connectivity index (χ0n) is 11.2. The van der Waals surface area contributed by atoms with Crippen molar-refractivity contribution >= 4 is 27.3 Å². The number of sulfonamides is 1. The molecule has 3 N–H and O–H groups in total. The molecular weight excluding hydrogens is 284 g/mol. The maximum atomic E-state index is 12.2. The van der Waals surface area contributed by atoms with E-state index in [1.807, 2.05) is 0 Å². The largest absolute Gasteiger partial charge is 0.397 e. The smallest absolute Gasteiger partial charge is 0.240 e. The number of hydrogen-bond acceptors (Lipinski definition) is 3. The third kappa shape index (κ3) is 3.04. The molecule has 0 spiro atoms. The van der Waals surface area contributed by atoms with Crippen LogP contribution in [0.2, 0.25) is 5.02 Å². The van der Waals surface area contributed by atoms with Crippen LogP contribution in [0.15, 0.2) is 17.0 Å². The Morgan fingerprint density at radius 3 is 2.53 bits per heavy atom. The van der Waals surface area contributed by atoms with Crippen LogP contribution in [-0.4, -0.2) is 15.0 Å². The fourth-order valence-corrected chi connectivity index (χ4v) is 3.66. The Hall–Kier alpha value is -0.780. The minimum absolute atomic E-state index is 0.0973. The van der Waals surface area contributed by atoms with Gasteiger partial charge in [-0.3, -0.25) is 0 Å². The van der Waals surface area contributed by atoms with E-state index in [2.05, 4.69) is 11.6 Å². The zero-order chi connectivity index (χ0) is 14.3. The van der Waals surface area contributed by atoms with Crippen LogP contribution in [-0.2, 0) is 10.0 Å². The van der Waals surface area contributed by atoms with Crippen molar-refractivity contribution in [2.24, 2.45) is 5.41 Å². The van der Waals surface area contributed by atoms with Crippen molar-refractivity contribution in [3.05, 3.63) is 22.7 Å². The standard InChI is InChI=1S/C13H19ClN2O2S/c1-9-6-10(7-11(15)12(9)14)19(17,18)16-8-13(2)4-3-5-13/h6-7,16H,3-5,8,15H2,1-2H3. The van der Waals surface area contributed by atoms with Gasteiger partial charge in [0.2, 0.25) is 10.0 Å². The summed E-state index contributed by atoms with van der Waals surface area (Å²) in [6, 6.07) is 2.95. The zero-order valence-corrected chi connectivity index (χ0v) is 12.7. The summed E-state index contributed by atoms with van der Waals surface area (Å²) >= 11 is 5.94. The lowest BCUT2D eigenvalue weighted by molar-refractivity contribution is 0.166. The Morgan fingerprint density at radius 2 is 2.05 bits per heavy atom. The molecule has 6 heteroatoms. The molecule has 0 aliphatic heterocycles. The minimum Gasteiger partial charge on any atom is -0.397 e. The highest BCUT2D eigenvalue weighted by atomic mass is 35.5. The molecule has 4 nitrogen and oxygen atoms in total. The molecule has 0 heterocycles. The summed E-state index contributed by atoms with van der Waals surface area (Å²) in [6.45, 7) is 4.31. The van der Waals surface area contributed by atoms with Crippen LogP contribution in [0, 0.1) is 12.3 Å². The van der Waals surface area contributed by atoms with Crippen molar-refractivity contribution in [1.29, 1.82) is 0 Å². The summed E-state index contributed by atoms with van der Waals surface area (Å²) < 4.78 is 27.1. The Morgan fingerprint density at radius 1 is 1.42 bits per heavy atom. The maximum absolute atomic E-state index is 12.2. The van der Waals surface area contributed by atoms with Gasteiger partial charge in [-0.2, -0.15) is 0 Å². The molecule has 1 fully saturated rings. The third-order valence-corrected chi connectivity index (χ3v) is 5.71. The number of aryl methyl sites for hydroxylation is 1. The molecule has 0 bridgehead atoms. The number of rotatable bonds is 4. The molecule has 0 saturated heterocycles. The van der Waals surface area contributed by atoms with E-state index >= 15 is 0 Å². The molecule has 19 heavy (non-hydrogen) atoms. The molecule has 1 aromatic rings. The molecule has 0 aromatic heterocycles. The van der Waals surface area contributed by atoms with Crippen LogP contribution in [0.3, 0.4) is 0 Å². The van der Waals surface area contributed by atoms with Gasteiger partial charge in [-0.15, -0.1) is 0 Å².